The van der Waals surface area contributed by atoms with Crippen LogP contribution in [0.15, 0.2) is 73.1 Å². The van der Waals surface area contributed by atoms with E-state index in [4.69, 9.17) is 4.74 Å². The summed E-state index contributed by atoms with van der Waals surface area (Å²) in [6.07, 6.45) is 8.61. The lowest BCUT2D eigenvalue weighted by Crippen LogP contribution is -2.02. The zero-order valence-electron chi connectivity index (χ0n) is 15.5. The molecule has 0 aliphatic carbocycles. The number of aromatic nitrogens is 2. The molecule has 3 aromatic rings. The predicted molar refractivity (Wildman–Crippen MR) is 108 cm³/mol. The summed E-state index contributed by atoms with van der Waals surface area (Å²) in [4.78, 5) is 30.8. The second-order valence-corrected chi connectivity index (χ2v) is 6.19. The first-order chi connectivity index (χ1) is 14.1. The second-order valence-electron chi connectivity index (χ2n) is 6.19. The van der Waals surface area contributed by atoms with Gasteiger partial charge in [-0.2, -0.15) is 0 Å². The fourth-order valence-corrected chi connectivity index (χ4v) is 2.48. The molecule has 6 heteroatoms. The molecule has 0 aliphatic heterocycles. The fraction of sp³-hybridized carbons (Fsp3) is 0.0870. The van der Waals surface area contributed by atoms with Gasteiger partial charge in [0, 0.05) is 29.7 Å². The lowest BCUT2D eigenvalue weighted by molar-refractivity contribution is -0.121. The molecule has 0 aliphatic rings. The number of hydrogen-bond acceptors (Lipinski definition) is 4. The number of pyridine rings is 1. The molecule has 0 amide bonds. The minimum absolute atomic E-state index is 0.228. The molecule has 0 saturated carbocycles. The highest BCUT2D eigenvalue weighted by atomic mass is 19.1. The third-order valence-corrected chi connectivity index (χ3v) is 3.95. The van der Waals surface area contributed by atoms with Crippen molar-refractivity contribution in [3.8, 4) is 5.75 Å². The molecule has 0 atom stereocenters. The van der Waals surface area contributed by atoms with Crippen molar-refractivity contribution in [2.45, 2.75) is 13.0 Å². The van der Waals surface area contributed by atoms with Gasteiger partial charge in [0.25, 0.3) is 0 Å². The monoisotopic (exact) mass is 390 g/mol. The minimum atomic E-state index is -0.523. The normalized spacial score (nSPS) is 11.2. The summed E-state index contributed by atoms with van der Waals surface area (Å²) in [6, 6.07) is 13.4. The van der Waals surface area contributed by atoms with Crippen molar-refractivity contribution < 1.29 is 18.7 Å². The van der Waals surface area contributed by atoms with E-state index in [9.17, 15) is 14.0 Å². The van der Waals surface area contributed by atoms with E-state index in [-0.39, 0.29) is 24.4 Å². The smallest absolute Gasteiger partial charge is 0.163 e. The van der Waals surface area contributed by atoms with Gasteiger partial charge in [-0.1, -0.05) is 6.07 Å². The van der Waals surface area contributed by atoms with Gasteiger partial charge in [-0.3, -0.25) is 14.6 Å². The topological polar surface area (TPSA) is 72.0 Å². The number of nitrogens with zero attached hydrogens (tertiary/aromatic N) is 1. The molecule has 2 heterocycles. The molecule has 3 rings (SSSR count). The number of benzene rings is 1. The quantitative estimate of drug-likeness (QED) is 0.435. The van der Waals surface area contributed by atoms with Crippen molar-refractivity contribution in [1.29, 1.82) is 0 Å². The highest BCUT2D eigenvalue weighted by molar-refractivity contribution is 6.10. The molecule has 29 heavy (non-hydrogen) atoms. The van der Waals surface area contributed by atoms with Crippen LogP contribution in [0.2, 0.25) is 0 Å². The van der Waals surface area contributed by atoms with Crippen LogP contribution >= 0.6 is 0 Å². The summed E-state index contributed by atoms with van der Waals surface area (Å²) in [5.74, 6) is -0.888. The molecule has 0 bridgehead atoms. The zero-order chi connectivity index (χ0) is 20.5. The van der Waals surface area contributed by atoms with Crippen molar-refractivity contribution in [2.75, 3.05) is 0 Å². The van der Waals surface area contributed by atoms with Crippen LogP contribution in [0, 0.1) is 5.82 Å². The molecular weight excluding hydrogens is 371 g/mol. The maximum absolute atomic E-state index is 14.2. The molecule has 0 saturated heterocycles. The van der Waals surface area contributed by atoms with Crippen LogP contribution in [0.1, 0.15) is 23.4 Å². The van der Waals surface area contributed by atoms with E-state index in [1.165, 1.54) is 30.4 Å². The summed E-state index contributed by atoms with van der Waals surface area (Å²) >= 11 is 0. The van der Waals surface area contributed by atoms with E-state index < -0.39 is 11.6 Å². The Morgan fingerprint density at radius 2 is 1.86 bits per heavy atom. The highest BCUT2D eigenvalue weighted by Crippen LogP contribution is 2.19. The Balaban J connectivity index is 1.52. The fourth-order valence-electron chi connectivity index (χ4n) is 2.48. The Kier molecular flexibility index (Phi) is 6.84. The van der Waals surface area contributed by atoms with Crippen LogP contribution in [0.4, 0.5) is 4.39 Å². The molecule has 2 aromatic heterocycles. The molecule has 1 aromatic carbocycles. The largest absolute Gasteiger partial charge is 0.487 e. The summed E-state index contributed by atoms with van der Waals surface area (Å²) in [5, 5.41) is 0. The first-order valence-corrected chi connectivity index (χ1v) is 8.97. The lowest BCUT2D eigenvalue weighted by Gasteiger charge is -2.06. The van der Waals surface area contributed by atoms with E-state index in [0.717, 1.165) is 11.4 Å². The number of halogens is 1. The molecule has 0 radical (unpaired) electrons. The lowest BCUT2D eigenvalue weighted by atomic mass is 10.1. The Bertz CT molecular complexity index is 1030. The molecule has 0 fully saturated rings. The molecule has 5 nitrogen and oxygen atoms in total. The summed E-state index contributed by atoms with van der Waals surface area (Å²) < 4.78 is 19.7. The summed E-state index contributed by atoms with van der Waals surface area (Å²) in [5.41, 5.74) is 1.74. The summed E-state index contributed by atoms with van der Waals surface area (Å²) in [7, 11) is 0. The molecule has 0 spiro atoms. The standard InChI is InChI=1S/C23H19FN2O3/c24-23-15-22(29-16-19-4-1-2-12-26-19)11-7-17(23)6-9-20(27)14-21(28)10-8-18-5-3-13-25-18/h1-13,15,25H,14,16H2/b9-6+,10-8+. The number of carbonyl (C=O) groups is 2. The molecule has 1 N–H and O–H groups in total. The zero-order valence-corrected chi connectivity index (χ0v) is 15.5. The predicted octanol–water partition coefficient (Wildman–Crippen LogP) is 4.38. The third-order valence-electron chi connectivity index (χ3n) is 3.95. The van der Waals surface area contributed by atoms with E-state index >= 15 is 0 Å². The van der Waals surface area contributed by atoms with Crippen LogP contribution in [0.3, 0.4) is 0 Å². The van der Waals surface area contributed by atoms with E-state index in [1.807, 2.05) is 18.2 Å². The van der Waals surface area contributed by atoms with Crippen LogP contribution in [0.25, 0.3) is 12.2 Å². The van der Waals surface area contributed by atoms with Crippen LogP contribution in [-0.4, -0.2) is 21.5 Å². The molecule has 0 unspecified atom stereocenters. The van der Waals surface area contributed by atoms with Crippen LogP contribution < -0.4 is 4.74 Å². The number of aromatic amines is 1. The maximum atomic E-state index is 14.2. The van der Waals surface area contributed by atoms with Gasteiger partial charge in [0.05, 0.1) is 12.1 Å². The summed E-state index contributed by atoms with van der Waals surface area (Å²) in [6.45, 7) is 0.228. The van der Waals surface area contributed by atoms with Gasteiger partial charge in [0.2, 0.25) is 0 Å². The highest BCUT2D eigenvalue weighted by Gasteiger charge is 2.06. The number of ether oxygens (including phenoxy) is 1. The third kappa shape index (κ3) is 6.39. The van der Waals surface area contributed by atoms with Gasteiger partial charge < -0.3 is 9.72 Å². The number of hydrogen-bond donors (Lipinski definition) is 1. The number of allylic oxidation sites excluding steroid dienone is 2. The number of ketones is 2. The van der Waals surface area contributed by atoms with Gasteiger partial charge >= 0.3 is 0 Å². The van der Waals surface area contributed by atoms with Crippen molar-refractivity contribution in [3.63, 3.8) is 0 Å². The number of nitrogens with one attached hydrogen (secondary N) is 1. The molecule has 146 valence electrons. The number of rotatable bonds is 9. The Morgan fingerprint density at radius 1 is 1.03 bits per heavy atom. The van der Waals surface area contributed by atoms with Gasteiger partial charge in [-0.25, -0.2) is 4.39 Å². The second kappa shape index (κ2) is 9.94. The van der Waals surface area contributed by atoms with E-state index in [0.29, 0.717) is 5.75 Å². The van der Waals surface area contributed by atoms with Gasteiger partial charge in [0.1, 0.15) is 18.2 Å². The van der Waals surface area contributed by atoms with Crippen LogP contribution in [0.5, 0.6) is 5.75 Å². The average molecular weight is 390 g/mol. The average Bonchev–Trinajstić information content (AvgIpc) is 3.24. The van der Waals surface area contributed by atoms with Gasteiger partial charge in [-0.15, -0.1) is 0 Å². The van der Waals surface area contributed by atoms with Crippen molar-refractivity contribution in [2.24, 2.45) is 0 Å². The number of H-pyrrole nitrogens is 1. The Labute approximate surface area is 167 Å². The number of carbonyl (C=O) groups excluding carboxylic acids is 2. The first-order valence-electron chi connectivity index (χ1n) is 8.97. The van der Waals surface area contributed by atoms with Crippen LogP contribution in [-0.2, 0) is 16.2 Å². The molecular formula is C23H19FN2O3. The van der Waals surface area contributed by atoms with Crippen molar-refractivity contribution >= 4 is 23.7 Å². The Morgan fingerprint density at radius 3 is 2.55 bits per heavy atom. The first kappa shape index (κ1) is 19.9. The maximum Gasteiger partial charge on any atom is 0.163 e. The minimum Gasteiger partial charge on any atom is -0.487 e. The van der Waals surface area contributed by atoms with Gasteiger partial charge in [0.15, 0.2) is 11.6 Å². The van der Waals surface area contributed by atoms with E-state index in [2.05, 4.69) is 9.97 Å². The SMILES string of the molecule is O=C(/C=C/c1ccc[nH]1)CC(=O)/C=C/c1ccc(OCc2ccccn2)cc1F. The van der Waals surface area contributed by atoms with E-state index in [1.54, 1.807) is 36.7 Å². The van der Waals surface area contributed by atoms with Crippen molar-refractivity contribution in [1.82, 2.24) is 9.97 Å². The Hall–Kier alpha value is -3.80. The van der Waals surface area contributed by atoms with Gasteiger partial charge in [-0.05, 0) is 60.7 Å². The van der Waals surface area contributed by atoms with Crippen molar-refractivity contribution in [3.05, 3.63) is 95.8 Å².